The molecule has 0 aliphatic carbocycles. The summed E-state index contributed by atoms with van der Waals surface area (Å²) in [6.45, 7) is 2.42. The summed E-state index contributed by atoms with van der Waals surface area (Å²) in [6.07, 6.45) is 0.429. The number of benzene rings is 2. The van der Waals surface area contributed by atoms with Gasteiger partial charge in [-0.1, -0.05) is 47.7 Å². The number of amidine groups is 1. The zero-order valence-electron chi connectivity index (χ0n) is 14.9. The van der Waals surface area contributed by atoms with Crippen molar-refractivity contribution in [2.45, 2.75) is 13.3 Å². The number of hydrogen-bond acceptors (Lipinski definition) is 4. The second-order valence-corrected chi connectivity index (χ2v) is 7.09. The maximum absolute atomic E-state index is 13.6. The smallest absolute Gasteiger partial charge is 0.254 e. The van der Waals surface area contributed by atoms with Gasteiger partial charge in [-0.05, 0) is 37.1 Å². The minimum absolute atomic E-state index is 0.0884. The van der Waals surface area contributed by atoms with E-state index in [1.54, 1.807) is 18.2 Å². The predicted molar refractivity (Wildman–Crippen MR) is 107 cm³/mol. The van der Waals surface area contributed by atoms with Gasteiger partial charge in [-0.25, -0.2) is 4.39 Å². The number of carbonyl (C=O) groups excluding carboxylic acids is 2. The van der Waals surface area contributed by atoms with Crippen molar-refractivity contribution in [1.29, 1.82) is 0 Å². The van der Waals surface area contributed by atoms with Crippen molar-refractivity contribution in [3.8, 4) is 0 Å². The van der Waals surface area contributed by atoms with Crippen molar-refractivity contribution in [1.82, 2.24) is 5.32 Å². The highest BCUT2D eigenvalue weighted by molar-refractivity contribution is 8.14. The molecule has 0 saturated heterocycles. The Morgan fingerprint density at radius 2 is 1.96 bits per heavy atom. The van der Waals surface area contributed by atoms with Crippen LogP contribution in [0.2, 0.25) is 0 Å². The minimum Gasteiger partial charge on any atom is -0.355 e. The van der Waals surface area contributed by atoms with E-state index in [9.17, 15) is 14.0 Å². The van der Waals surface area contributed by atoms with Crippen LogP contribution >= 0.6 is 11.8 Å². The Kier molecular flexibility index (Phi) is 6.24. The van der Waals surface area contributed by atoms with E-state index >= 15 is 0 Å². The van der Waals surface area contributed by atoms with Crippen LogP contribution in [0, 0.1) is 12.7 Å². The number of halogens is 1. The van der Waals surface area contributed by atoms with Gasteiger partial charge in [-0.3, -0.25) is 19.5 Å². The van der Waals surface area contributed by atoms with Crippen molar-refractivity contribution >= 4 is 34.4 Å². The SMILES string of the molecule is Cc1ccc(N2C(=O)CN=C2SCC(=O)NCCc2ccccc2F)cc1. The van der Waals surface area contributed by atoms with Crippen molar-refractivity contribution < 1.29 is 14.0 Å². The van der Waals surface area contributed by atoms with Crippen molar-refractivity contribution in [2.75, 3.05) is 23.7 Å². The third-order valence-electron chi connectivity index (χ3n) is 4.09. The lowest BCUT2D eigenvalue weighted by Gasteiger charge is -2.18. The number of carbonyl (C=O) groups is 2. The molecule has 0 fully saturated rings. The average molecular weight is 385 g/mol. The number of hydrogen-bond donors (Lipinski definition) is 1. The molecule has 0 spiro atoms. The molecule has 1 N–H and O–H groups in total. The van der Waals surface area contributed by atoms with Crippen LogP contribution in [-0.2, 0) is 16.0 Å². The van der Waals surface area contributed by atoms with Gasteiger partial charge in [0.05, 0.1) is 11.4 Å². The average Bonchev–Trinajstić information content (AvgIpc) is 3.03. The number of nitrogens with zero attached hydrogens (tertiary/aromatic N) is 2. The summed E-state index contributed by atoms with van der Waals surface area (Å²) in [5, 5.41) is 3.29. The number of aryl methyl sites for hydroxylation is 1. The first-order valence-electron chi connectivity index (χ1n) is 8.61. The Balaban J connectivity index is 1.50. The number of amides is 2. The monoisotopic (exact) mass is 385 g/mol. The highest BCUT2D eigenvalue weighted by Gasteiger charge is 2.27. The van der Waals surface area contributed by atoms with Crippen LogP contribution in [0.25, 0.3) is 0 Å². The van der Waals surface area contributed by atoms with E-state index in [2.05, 4.69) is 10.3 Å². The molecule has 2 amide bonds. The summed E-state index contributed by atoms with van der Waals surface area (Å²) in [5.41, 5.74) is 2.42. The van der Waals surface area contributed by atoms with Crippen LogP contribution in [-0.4, -0.2) is 35.8 Å². The summed E-state index contributed by atoms with van der Waals surface area (Å²) in [5.74, 6) is -0.414. The summed E-state index contributed by atoms with van der Waals surface area (Å²) in [6, 6.07) is 14.1. The van der Waals surface area contributed by atoms with Gasteiger partial charge in [-0.2, -0.15) is 0 Å². The molecule has 0 aromatic heterocycles. The fourth-order valence-electron chi connectivity index (χ4n) is 2.66. The van der Waals surface area contributed by atoms with Crippen LogP contribution in [0.1, 0.15) is 11.1 Å². The lowest BCUT2D eigenvalue weighted by atomic mass is 10.1. The third kappa shape index (κ3) is 4.95. The number of thioether (sulfide) groups is 1. The summed E-state index contributed by atoms with van der Waals surface area (Å²) in [4.78, 5) is 30.0. The van der Waals surface area contributed by atoms with Crippen LogP contribution in [0.15, 0.2) is 53.5 Å². The molecule has 1 aliphatic heterocycles. The molecule has 1 aliphatic rings. The van der Waals surface area contributed by atoms with E-state index in [-0.39, 0.29) is 29.9 Å². The molecule has 2 aromatic rings. The van der Waals surface area contributed by atoms with Gasteiger partial charge in [-0.15, -0.1) is 0 Å². The summed E-state index contributed by atoms with van der Waals surface area (Å²) in [7, 11) is 0. The minimum atomic E-state index is -0.270. The molecule has 3 rings (SSSR count). The second kappa shape index (κ2) is 8.81. The zero-order chi connectivity index (χ0) is 19.2. The molecule has 0 saturated carbocycles. The number of rotatable bonds is 6. The molecule has 5 nitrogen and oxygen atoms in total. The summed E-state index contributed by atoms with van der Waals surface area (Å²) >= 11 is 1.22. The van der Waals surface area contributed by atoms with Gasteiger partial charge in [0, 0.05) is 6.54 Å². The Morgan fingerprint density at radius 3 is 2.70 bits per heavy atom. The van der Waals surface area contributed by atoms with E-state index in [1.807, 2.05) is 31.2 Å². The molecule has 0 bridgehead atoms. The largest absolute Gasteiger partial charge is 0.355 e. The van der Waals surface area contributed by atoms with Gasteiger partial charge in [0.1, 0.15) is 12.4 Å². The standard InChI is InChI=1S/C20H20FN3O2S/c1-14-6-8-16(9-7-14)24-19(26)12-23-20(24)27-13-18(25)22-11-10-15-4-2-3-5-17(15)21/h2-9H,10-13H2,1H3,(H,22,25). The molecule has 0 atom stereocenters. The molecule has 0 unspecified atom stereocenters. The van der Waals surface area contributed by atoms with Gasteiger partial charge in [0.25, 0.3) is 5.91 Å². The van der Waals surface area contributed by atoms with Gasteiger partial charge in [0.2, 0.25) is 5.91 Å². The molecule has 2 aromatic carbocycles. The van der Waals surface area contributed by atoms with Gasteiger partial charge in [0.15, 0.2) is 5.17 Å². The summed E-state index contributed by atoms with van der Waals surface area (Å²) < 4.78 is 13.6. The first kappa shape index (κ1) is 19.1. The van der Waals surface area contributed by atoms with Gasteiger partial charge >= 0.3 is 0 Å². The van der Waals surface area contributed by atoms with Crippen LogP contribution < -0.4 is 10.2 Å². The Hall–Kier alpha value is -2.67. The quantitative estimate of drug-likeness (QED) is 0.832. The first-order chi connectivity index (χ1) is 13.0. The maximum Gasteiger partial charge on any atom is 0.254 e. The topological polar surface area (TPSA) is 61.8 Å². The van der Waals surface area contributed by atoms with Crippen LogP contribution in [0.5, 0.6) is 0 Å². The number of anilines is 1. The molecule has 140 valence electrons. The highest BCUT2D eigenvalue weighted by atomic mass is 32.2. The van der Waals surface area contributed by atoms with E-state index in [0.29, 0.717) is 23.7 Å². The van der Waals surface area contributed by atoms with Crippen molar-refractivity contribution in [3.63, 3.8) is 0 Å². The molecule has 7 heteroatoms. The van der Waals surface area contributed by atoms with Crippen molar-refractivity contribution in [2.24, 2.45) is 4.99 Å². The molecule has 0 radical (unpaired) electrons. The van der Waals surface area contributed by atoms with E-state index in [0.717, 1.165) is 11.3 Å². The maximum atomic E-state index is 13.6. The lowest BCUT2D eigenvalue weighted by Crippen LogP contribution is -2.33. The fourth-order valence-corrected chi connectivity index (χ4v) is 3.52. The fraction of sp³-hybridized carbons (Fsp3) is 0.250. The molecule has 27 heavy (non-hydrogen) atoms. The van der Waals surface area contributed by atoms with Gasteiger partial charge < -0.3 is 5.32 Å². The zero-order valence-corrected chi connectivity index (χ0v) is 15.8. The Morgan fingerprint density at radius 1 is 1.22 bits per heavy atom. The molecular formula is C20H20FN3O2S. The first-order valence-corrected chi connectivity index (χ1v) is 9.60. The van der Waals surface area contributed by atoms with E-state index < -0.39 is 0 Å². The third-order valence-corrected chi connectivity index (χ3v) is 5.07. The van der Waals surface area contributed by atoms with Crippen LogP contribution in [0.3, 0.4) is 0 Å². The Labute approximate surface area is 161 Å². The normalized spacial score (nSPS) is 13.6. The van der Waals surface area contributed by atoms with Crippen LogP contribution in [0.4, 0.5) is 10.1 Å². The van der Waals surface area contributed by atoms with Crippen molar-refractivity contribution in [3.05, 3.63) is 65.5 Å². The lowest BCUT2D eigenvalue weighted by molar-refractivity contribution is -0.118. The molecule has 1 heterocycles. The molecular weight excluding hydrogens is 365 g/mol. The predicted octanol–water partition coefficient (Wildman–Crippen LogP) is 2.93. The van der Waals surface area contributed by atoms with E-state index in [1.165, 1.54) is 22.7 Å². The number of aliphatic imine (C=N–C) groups is 1. The second-order valence-electron chi connectivity index (χ2n) is 6.14. The van der Waals surface area contributed by atoms with E-state index in [4.69, 9.17) is 0 Å². The number of nitrogens with one attached hydrogen (secondary N) is 1. The Bertz CT molecular complexity index is 868. The highest BCUT2D eigenvalue weighted by Crippen LogP contribution is 2.24.